The molecular weight excluding hydrogens is 262 g/mol. The lowest BCUT2D eigenvalue weighted by Crippen LogP contribution is -2.26. The van der Waals surface area contributed by atoms with Crippen molar-refractivity contribution in [2.24, 2.45) is 7.05 Å². The minimum Gasteiger partial charge on any atom is -0.273 e. The fraction of sp³-hybridized carbons (Fsp3) is 0.308. The predicted molar refractivity (Wildman–Crippen MR) is 73.3 cm³/mol. The molecule has 19 heavy (non-hydrogen) atoms. The van der Waals surface area contributed by atoms with Crippen LogP contribution in [0.3, 0.4) is 0 Å². The number of nitrogens with zero attached hydrogens (tertiary/aromatic N) is 2. The molecule has 2 rings (SSSR count). The number of aromatic nitrogens is 2. The SMILES string of the molecule is Cc1cc(CCNS(=O)(=O)c2ccccc2)nn1C. The van der Waals surface area contributed by atoms with Crippen molar-refractivity contribution in [2.75, 3.05) is 6.54 Å². The molecule has 1 N–H and O–H groups in total. The molecule has 0 saturated carbocycles. The fourth-order valence-electron chi connectivity index (χ4n) is 1.75. The maximum Gasteiger partial charge on any atom is 0.240 e. The lowest BCUT2D eigenvalue weighted by Gasteiger charge is -2.05. The summed E-state index contributed by atoms with van der Waals surface area (Å²) in [6.07, 6.45) is 0.577. The second-order valence-electron chi connectivity index (χ2n) is 4.36. The monoisotopic (exact) mass is 279 g/mol. The quantitative estimate of drug-likeness (QED) is 0.896. The van der Waals surface area contributed by atoms with Gasteiger partial charge in [-0.25, -0.2) is 13.1 Å². The van der Waals surface area contributed by atoms with E-state index >= 15 is 0 Å². The van der Waals surface area contributed by atoms with Gasteiger partial charge in [0.2, 0.25) is 10.0 Å². The average Bonchev–Trinajstić information content (AvgIpc) is 2.69. The van der Waals surface area contributed by atoms with Crippen molar-refractivity contribution >= 4 is 10.0 Å². The van der Waals surface area contributed by atoms with Crippen molar-refractivity contribution in [1.29, 1.82) is 0 Å². The van der Waals surface area contributed by atoms with Crippen LogP contribution in [0.1, 0.15) is 11.4 Å². The molecule has 2 aromatic rings. The first-order chi connectivity index (χ1) is 8.99. The van der Waals surface area contributed by atoms with E-state index in [1.54, 1.807) is 35.0 Å². The van der Waals surface area contributed by atoms with Crippen molar-refractivity contribution < 1.29 is 8.42 Å². The molecule has 0 aliphatic carbocycles. The number of aryl methyl sites for hydroxylation is 2. The molecule has 0 aliphatic rings. The lowest BCUT2D eigenvalue weighted by atomic mass is 10.3. The topological polar surface area (TPSA) is 64.0 Å². The molecule has 0 unspecified atom stereocenters. The maximum atomic E-state index is 12.0. The normalized spacial score (nSPS) is 11.7. The summed E-state index contributed by atoms with van der Waals surface area (Å²) in [7, 11) is -1.55. The van der Waals surface area contributed by atoms with Gasteiger partial charge in [-0.15, -0.1) is 0 Å². The van der Waals surface area contributed by atoms with E-state index in [0.717, 1.165) is 11.4 Å². The van der Waals surface area contributed by atoms with Crippen molar-refractivity contribution in [1.82, 2.24) is 14.5 Å². The number of sulfonamides is 1. The van der Waals surface area contributed by atoms with E-state index in [2.05, 4.69) is 9.82 Å². The summed E-state index contributed by atoms with van der Waals surface area (Å²) in [4.78, 5) is 0.284. The Morgan fingerprint density at radius 2 is 1.95 bits per heavy atom. The van der Waals surface area contributed by atoms with Crippen LogP contribution >= 0.6 is 0 Å². The number of benzene rings is 1. The molecule has 0 atom stereocenters. The van der Waals surface area contributed by atoms with Crippen LogP contribution in [0.15, 0.2) is 41.3 Å². The molecular formula is C13H17N3O2S. The molecule has 0 radical (unpaired) electrons. The summed E-state index contributed by atoms with van der Waals surface area (Å²) in [6.45, 7) is 2.30. The summed E-state index contributed by atoms with van der Waals surface area (Å²) in [6, 6.07) is 10.3. The Balaban J connectivity index is 1.96. The molecule has 0 spiro atoms. The molecule has 0 aliphatic heterocycles. The number of rotatable bonds is 5. The third-order valence-corrected chi connectivity index (χ3v) is 4.37. The van der Waals surface area contributed by atoms with Crippen LogP contribution in [0.25, 0.3) is 0 Å². The molecule has 0 amide bonds. The lowest BCUT2D eigenvalue weighted by molar-refractivity contribution is 0.581. The second kappa shape index (κ2) is 5.54. The summed E-state index contributed by atoms with van der Waals surface area (Å²) in [5, 5.41) is 4.28. The fourth-order valence-corrected chi connectivity index (χ4v) is 2.81. The van der Waals surface area contributed by atoms with Crippen LogP contribution in [-0.4, -0.2) is 24.7 Å². The highest BCUT2D eigenvalue weighted by Gasteiger charge is 2.12. The third kappa shape index (κ3) is 3.42. The van der Waals surface area contributed by atoms with Crippen LogP contribution in [0, 0.1) is 6.92 Å². The zero-order valence-corrected chi connectivity index (χ0v) is 11.8. The molecule has 6 heteroatoms. The average molecular weight is 279 g/mol. The smallest absolute Gasteiger partial charge is 0.240 e. The number of hydrogen-bond acceptors (Lipinski definition) is 3. The van der Waals surface area contributed by atoms with Crippen molar-refractivity contribution in [3.05, 3.63) is 47.8 Å². The van der Waals surface area contributed by atoms with Crippen molar-refractivity contribution in [3.63, 3.8) is 0 Å². The van der Waals surface area contributed by atoms with E-state index in [-0.39, 0.29) is 4.90 Å². The van der Waals surface area contributed by atoms with Crippen LogP contribution in [0.2, 0.25) is 0 Å². The van der Waals surface area contributed by atoms with Gasteiger partial charge in [-0.1, -0.05) is 18.2 Å². The van der Waals surface area contributed by atoms with Crippen molar-refractivity contribution in [3.8, 4) is 0 Å². The Labute approximate surface area is 113 Å². The van der Waals surface area contributed by atoms with Gasteiger partial charge in [0, 0.05) is 25.7 Å². The van der Waals surface area contributed by atoms with Gasteiger partial charge >= 0.3 is 0 Å². The van der Waals surface area contributed by atoms with E-state index in [1.807, 2.05) is 20.0 Å². The zero-order valence-electron chi connectivity index (χ0n) is 11.0. The number of nitrogens with one attached hydrogen (secondary N) is 1. The molecule has 102 valence electrons. The minimum absolute atomic E-state index is 0.284. The summed E-state index contributed by atoms with van der Waals surface area (Å²) >= 11 is 0. The Bertz CT molecular complexity index is 628. The Kier molecular flexibility index (Phi) is 4.01. The predicted octanol–water partition coefficient (Wildman–Crippen LogP) is 1.25. The highest BCUT2D eigenvalue weighted by Crippen LogP contribution is 2.07. The third-order valence-electron chi connectivity index (χ3n) is 2.89. The number of hydrogen-bond donors (Lipinski definition) is 1. The molecule has 0 fully saturated rings. The Morgan fingerprint density at radius 1 is 1.26 bits per heavy atom. The van der Waals surface area contributed by atoms with Gasteiger partial charge in [0.1, 0.15) is 0 Å². The van der Waals surface area contributed by atoms with Gasteiger partial charge in [0.05, 0.1) is 10.6 Å². The standard InChI is InChI=1S/C13H17N3O2S/c1-11-10-12(15-16(11)2)8-9-14-19(17,18)13-6-4-3-5-7-13/h3-7,10,14H,8-9H2,1-2H3. The Hall–Kier alpha value is -1.66. The first kappa shape index (κ1) is 13.8. The molecule has 1 aromatic heterocycles. The Morgan fingerprint density at radius 3 is 2.53 bits per heavy atom. The molecule has 1 aromatic carbocycles. The van der Waals surface area contributed by atoms with E-state index in [9.17, 15) is 8.42 Å². The summed E-state index contributed by atoms with van der Waals surface area (Å²) in [5.74, 6) is 0. The second-order valence-corrected chi connectivity index (χ2v) is 6.13. The maximum absolute atomic E-state index is 12.0. The highest BCUT2D eigenvalue weighted by molar-refractivity contribution is 7.89. The highest BCUT2D eigenvalue weighted by atomic mass is 32.2. The van der Waals surface area contributed by atoms with E-state index in [4.69, 9.17) is 0 Å². The van der Waals surface area contributed by atoms with Gasteiger partial charge < -0.3 is 0 Å². The van der Waals surface area contributed by atoms with E-state index in [1.165, 1.54) is 0 Å². The molecule has 5 nitrogen and oxygen atoms in total. The van der Waals surface area contributed by atoms with Crippen LogP contribution in [0.5, 0.6) is 0 Å². The van der Waals surface area contributed by atoms with Gasteiger partial charge in [0.25, 0.3) is 0 Å². The first-order valence-electron chi connectivity index (χ1n) is 6.03. The van der Waals surface area contributed by atoms with Crippen LogP contribution in [0.4, 0.5) is 0 Å². The summed E-state index contributed by atoms with van der Waals surface area (Å²) < 4.78 is 28.3. The van der Waals surface area contributed by atoms with Gasteiger partial charge in [-0.3, -0.25) is 4.68 Å². The summed E-state index contributed by atoms with van der Waals surface area (Å²) in [5.41, 5.74) is 1.94. The molecule has 0 saturated heterocycles. The largest absolute Gasteiger partial charge is 0.273 e. The van der Waals surface area contributed by atoms with Crippen molar-refractivity contribution in [2.45, 2.75) is 18.2 Å². The van der Waals surface area contributed by atoms with Gasteiger partial charge in [0.15, 0.2) is 0 Å². The van der Waals surface area contributed by atoms with Gasteiger partial charge in [-0.2, -0.15) is 5.10 Å². The van der Waals surface area contributed by atoms with Crippen LogP contribution in [-0.2, 0) is 23.5 Å². The minimum atomic E-state index is -3.42. The molecule has 0 bridgehead atoms. The van der Waals surface area contributed by atoms with E-state index in [0.29, 0.717) is 13.0 Å². The van der Waals surface area contributed by atoms with Crippen LogP contribution < -0.4 is 4.72 Å². The van der Waals surface area contributed by atoms with Gasteiger partial charge in [-0.05, 0) is 25.1 Å². The van der Waals surface area contributed by atoms with E-state index < -0.39 is 10.0 Å². The first-order valence-corrected chi connectivity index (χ1v) is 7.51. The zero-order chi connectivity index (χ0) is 13.9. The molecule has 1 heterocycles.